The van der Waals surface area contributed by atoms with Crippen LogP contribution in [0.5, 0.6) is 0 Å². The van der Waals surface area contributed by atoms with E-state index in [2.05, 4.69) is 4.90 Å². The van der Waals surface area contributed by atoms with E-state index in [0.29, 0.717) is 22.2 Å². The molecule has 1 fully saturated rings. The fourth-order valence-electron chi connectivity index (χ4n) is 2.39. The lowest BCUT2D eigenvalue weighted by molar-refractivity contribution is 0.0686. The topological polar surface area (TPSA) is 29.5 Å². The number of Topliss-reactive ketones (excluding diaryl/α,β-unsaturated/α-hetero) is 1. The smallest absolute Gasteiger partial charge is 0.178 e. The van der Waals surface area contributed by atoms with Crippen LogP contribution in [0.2, 0.25) is 10.0 Å². The maximum absolute atomic E-state index is 12.3. The normalized spacial score (nSPS) is 18.7. The number of likely N-dealkylation sites (N-methyl/N-ethyl adjacent to an activating group) is 1. The zero-order valence-corrected chi connectivity index (χ0v) is 13.1. The quantitative estimate of drug-likeness (QED) is 0.750. The molecule has 20 heavy (non-hydrogen) atoms. The van der Waals surface area contributed by atoms with Gasteiger partial charge in [-0.15, -0.1) is 0 Å². The summed E-state index contributed by atoms with van der Waals surface area (Å²) in [6, 6.07) is 4.98. The van der Waals surface area contributed by atoms with Gasteiger partial charge in [-0.1, -0.05) is 30.1 Å². The second kappa shape index (κ2) is 7.41. The Morgan fingerprint density at radius 1 is 1.45 bits per heavy atom. The molecule has 0 bridgehead atoms. The minimum absolute atomic E-state index is 0.0199. The van der Waals surface area contributed by atoms with Crippen molar-refractivity contribution in [3.05, 3.63) is 33.8 Å². The molecule has 1 aromatic carbocycles. The van der Waals surface area contributed by atoms with Gasteiger partial charge in [0.2, 0.25) is 0 Å². The predicted molar refractivity (Wildman–Crippen MR) is 81.9 cm³/mol. The zero-order chi connectivity index (χ0) is 14.5. The molecule has 5 heteroatoms. The van der Waals surface area contributed by atoms with Gasteiger partial charge in [0.15, 0.2) is 5.78 Å². The van der Waals surface area contributed by atoms with E-state index in [4.69, 9.17) is 27.9 Å². The van der Waals surface area contributed by atoms with E-state index in [0.717, 1.165) is 32.5 Å². The van der Waals surface area contributed by atoms with Gasteiger partial charge in [-0.2, -0.15) is 0 Å². The van der Waals surface area contributed by atoms with Crippen molar-refractivity contribution in [2.45, 2.75) is 25.9 Å². The number of nitrogens with zero attached hydrogens (tertiary/aromatic N) is 1. The molecule has 0 N–H and O–H groups in total. The largest absolute Gasteiger partial charge is 0.377 e. The third-order valence-electron chi connectivity index (χ3n) is 3.53. The average Bonchev–Trinajstić information content (AvgIpc) is 2.90. The first-order chi connectivity index (χ1) is 9.60. The van der Waals surface area contributed by atoms with Crippen molar-refractivity contribution in [1.82, 2.24) is 4.90 Å². The van der Waals surface area contributed by atoms with Crippen LogP contribution in [-0.4, -0.2) is 43.0 Å². The number of hydrogen-bond acceptors (Lipinski definition) is 3. The van der Waals surface area contributed by atoms with E-state index in [1.54, 1.807) is 18.2 Å². The first kappa shape index (κ1) is 15.8. The highest BCUT2D eigenvalue weighted by atomic mass is 35.5. The Kier molecular flexibility index (Phi) is 5.85. The van der Waals surface area contributed by atoms with E-state index >= 15 is 0 Å². The summed E-state index contributed by atoms with van der Waals surface area (Å²) < 4.78 is 5.62. The maximum atomic E-state index is 12.3. The van der Waals surface area contributed by atoms with Crippen LogP contribution in [0.15, 0.2) is 18.2 Å². The molecule has 2 rings (SSSR count). The van der Waals surface area contributed by atoms with Crippen molar-refractivity contribution < 1.29 is 9.53 Å². The van der Waals surface area contributed by atoms with Crippen molar-refractivity contribution in [2.75, 3.05) is 26.2 Å². The lowest BCUT2D eigenvalue weighted by Gasteiger charge is -2.23. The van der Waals surface area contributed by atoms with Crippen LogP contribution in [0.3, 0.4) is 0 Å². The number of carbonyl (C=O) groups is 1. The summed E-state index contributed by atoms with van der Waals surface area (Å²) in [7, 11) is 0. The van der Waals surface area contributed by atoms with Crippen molar-refractivity contribution in [2.24, 2.45) is 0 Å². The van der Waals surface area contributed by atoms with Crippen molar-refractivity contribution >= 4 is 29.0 Å². The molecule has 1 atom stereocenters. The summed E-state index contributed by atoms with van der Waals surface area (Å²) in [5, 5.41) is 0.953. The molecule has 1 unspecified atom stereocenters. The molecule has 1 aliphatic rings. The summed E-state index contributed by atoms with van der Waals surface area (Å²) in [4.78, 5) is 14.4. The average molecular weight is 316 g/mol. The minimum Gasteiger partial charge on any atom is -0.377 e. The zero-order valence-electron chi connectivity index (χ0n) is 11.6. The molecule has 0 amide bonds. The van der Waals surface area contributed by atoms with E-state index in [1.165, 1.54) is 0 Å². The summed E-state index contributed by atoms with van der Waals surface area (Å²) in [5.41, 5.74) is 0.529. The number of rotatable bonds is 6. The van der Waals surface area contributed by atoms with Crippen LogP contribution in [0, 0.1) is 0 Å². The van der Waals surface area contributed by atoms with Gasteiger partial charge in [0, 0.05) is 23.7 Å². The van der Waals surface area contributed by atoms with Crippen molar-refractivity contribution in [1.29, 1.82) is 0 Å². The Balaban J connectivity index is 1.97. The molecule has 0 aliphatic carbocycles. The van der Waals surface area contributed by atoms with Crippen molar-refractivity contribution in [3.8, 4) is 0 Å². The number of ether oxygens (including phenoxy) is 1. The molecule has 0 radical (unpaired) electrons. The van der Waals surface area contributed by atoms with E-state index in [1.807, 2.05) is 6.92 Å². The maximum Gasteiger partial charge on any atom is 0.178 e. The van der Waals surface area contributed by atoms with Gasteiger partial charge < -0.3 is 4.74 Å². The van der Waals surface area contributed by atoms with Gasteiger partial charge in [0.25, 0.3) is 0 Å². The molecule has 0 spiro atoms. The van der Waals surface area contributed by atoms with E-state index in [9.17, 15) is 4.79 Å². The fourth-order valence-corrected chi connectivity index (χ4v) is 2.90. The molecule has 1 heterocycles. The lowest BCUT2D eigenvalue weighted by atomic mass is 10.1. The molecule has 110 valence electrons. The number of benzene rings is 1. The number of carbonyl (C=O) groups excluding carboxylic acids is 1. The van der Waals surface area contributed by atoms with Gasteiger partial charge in [0.1, 0.15) is 0 Å². The van der Waals surface area contributed by atoms with Crippen molar-refractivity contribution in [3.63, 3.8) is 0 Å². The second-order valence-electron chi connectivity index (χ2n) is 5.01. The number of ketones is 1. The number of hydrogen-bond donors (Lipinski definition) is 0. The SMILES string of the molecule is CCN(CC(=O)c1ccc(Cl)cc1Cl)CC1CCCO1. The second-order valence-corrected chi connectivity index (χ2v) is 5.85. The summed E-state index contributed by atoms with van der Waals surface area (Å²) in [6.07, 6.45) is 2.44. The molecular formula is C15H19Cl2NO2. The highest BCUT2D eigenvalue weighted by Crippen LogP contribution is 2.22. The Morgan fingerprint density at radius 3 is 2.85 bits per heavy atom. The number of halogens is 2. The van der Waals surface area contributed by atoms with E-state index in [-0.39, 0.29) is 11.9 Å². The first-order valence-corrected chi connectivity index (χ1v) is 7.68. The van der Waals surface area contributed by atoms with Crippen LogP contribution < -0.4 is 0 Å². The molecule has 1 saturated heterocycles. The third kappa shape index (κ3) is 4.19. The fraction of sp³-hybridized carbons (Fsp3) is 0.533. The van der Waals surface area contributed by atoms with Gasteiger partial charge in [-0.05, 0) is 37.6 Å². The molecule has 0 aromatic heterocycles. The van der Waals surface area contributed by atoms with Gasteiger partial charge in [-0.3, -0.25) is 9.69 Å². The molecule has 1 aromatic rings. The van der Waals surface area contributed by atoms with Gasteiger partial charge in [-0.25, -0.2) is 0 Å². The standard InChI is InChI=1S/C15H19Cl2NO2/c1-2-18(9-12-4-3-7-20-12)10-15(19)13-6-5-11(16)8-14(13)17/h5-6,8,12H,2-4,7,9-10H2,1H3. The van der Waals surface area contributed by atoms with Crippen LogP contribution in [0.4, 0.5) is 0 Å². The van der Waals surface area contributed by atoms with Gasteiger partial charge >= 0.3 is 0 Å². The summed E-state index contributed by atoms with van der Waals surface area (Å²) in [5.74, 6) is 0.0199. The highest BCUT2D eigenvalue weighted by Gasteiger charge is 2.21. The van der Waals surface area contributed by atoms with Crippen LogP contribution in [-0.2, 0) is 4.74 Å². The lowest BCUT2D eigenvalue weighted by Crippen LogP contribution is -2.36. The molecule has 0 saturated carbocycles. The van der Waals surface area contributed by atoms with Crippen LogP contribution in [0.25, 0.3) is 0 Å². The molecular weight excluding hydrogens is 297 g/mol. The third-order valence-corrected chi connectivity index (χ3v) is 4.08. The van der Waals surface area contributed by atoms with Crippen LogP contribution >= 0.6 is 23.2 Å². The molecule has 1 aliphatic heterocycles. The minimum atomic E-state index is 0.0199. The Bertz CT molecular complexity index is 473. The Labute approximate surface area is 129 Å². The van der Waals surface area contributed by atoms with Gasteiger partial charge in [0.05, 0.1) is 17.7 Å². The Hall–Kier alpha value is -0.610. The first-order valence-electron chi connectivity index (χ1n) is 6.92. The predicted octanol–water partition coefficient (Wildman–Crippen LogP) is 3.68. The monoisotopic (exact) mass is 315 g/mol. The molecule has 3 nitrogen and oxygen atoms in total. The van der Waals surface area contributed by atoms with Crippen LogP contribution in [0.1, 0.15) is 30.1 Å². The summed E-state index contributed by atoms with van der Waals surface area (Å²) in [6.45, 7) is 4.85. The van der Waals surface area contributed by atoms with E-state index < -0.39 is 0 Å². The summed E-state index contributed by atoms with van der Waals surface area (Å²) >= 11 is 11.9. The highest BCUT2D eigenvalue weighted by molar-refractivity contribution is 6.36. The Morgan fingerprint density at radius 2 is 2.25 bits per heavy atom.